The third-order valence-electron chi connectivity index (χ3n) is 17.6. The maximum Gasteiger partial charge on any atom is 0.472 e. The number of aliphatic hydroxyl groups excluding tert-OH is 1. The first kappa shape index (κ1) is 103. The molecule has 0 spiro atoms. The number of phosphoric acid groups is 2. The summed E-state index contributed by atoms with van der Waals surface area (Å²) < 4.78 is 68.8. The molecular weight excluding hydrogens is 1400 g/mol. The standard InChI is InChI=1S/C89H152O17P2/c1-5-9-13-17-21-25-29-33-37-39-41-43-47-50-54-58-62-66-70-74-87(92)100-80-85(106-89(94)76-72-68-64-60-56-52-48-44-42-40-38-34-30-26-22-18-14-10-6-2)82-104-108(97,98)102-78-83(90)77-101-107(95,96)103-81-84(105-88(93)75-71-67-63-59-55-51-46-36-32-28-24-20-16-12-8-4)79-99-86(91)73-69-65-61-57-53-49-45-35-31-27-23-19-15-11-7-3/h9,11,13,15,21-23,25-27,33-38,41-46,83-85,90H,5-8,10,12,14,16-20,24,28-32,39-40,47-82H2,1-4H3,(H,95,96)(H,97,98)/b13-9-,15-11-,25-21-,26-22-,27-23-,37-33-,38-34-,43-41-,44-42-,45-35-,46-36-. The topological polar surface area (TPSA) is 237 Å². The lowest BCUT2D eigenvalue weighted by Crippen LogP contribution is -2.30. The molecule has 0 fully saturated rings. The number of allylic oxidation sites excluding steroid dienone is 22. The van der Waals surface area contributed by atoms with Crippen molar-refractivity contribution in [1.82, 2.24) is 0 Å². The van der Waals surface area contributed by atoms with Gasteiger partial charge in [0.05, 0.1) is 26.4 Å². The molecule has 0 aromatic carbocycles. The van der Waals surface area contributed by atoms with Gasteiger partial charge in [0.2, 0.25) is 0 Å². The van der Waals surface area contributed by atoms with Gasteiger partial charge >= 0.3 is 39.5 Å². The van der Waals surface area contributed by atoms with E-state index in [1.54, 1.807) is 0 Å². The van der Waals surface area contributed by atoms with Crippen LogP contribution in [0.4, 0.5) is 0 Å². The molecule has 0 saturated carbocycles. The molecule has 5 atom stereocenters. The Balaban J connectivity index is 5.42. The van der Waals surface area contributed by atoms with Crippen molar-refractivity contribution in [3.8, 4) is 0 Å². The fraction of sp³-hybridized carbons (Fsp3) is 0.708. The lowest BCUT2D eigenvalue weighted by Gasteiger charge is -2.21. The average molecular weight is 1560 g/mol. The number of rotatable bonds is 79. The number of ether oxygens (including phenoxy) is 4. The van der Waals surface area contributed by atoms with Crippen LogP contribution in [0, 0.1) is 0 Å². The molecule has 0 amide bonds. The summed E-state index contributed by atoms with van der Waals surface area (Å²) >= 11 is 0. The molecule has 0 bridgehead atoms. The zero-order valence-electron chi connectivity index (χ0n) is 68.0. The molecule has 108 heavy (non-hydrogen) atoms. The summed E-state index contributed by atoms with van der Waals surface area (Å²) in [4.78, 5) is 73.2. The smallest absolute Gasteiger partial charge is 0.462 e. The van der Waals surface area contributed by atoms with Crippen molar-refractivity contribution in [3.63, 3.8) is 0 Å². The number of hydrogen-bond acceptors (Lipinski definition) is 15. The number of carbonyl (C=O) groups excluding carboxylic acids is 4. The molecule has 0 rings (SSSR count). The minimum Gasteiger partial charge on any atom is -0.462 e. The Kier molecular flexibility index (Phi) is 76.7. The molecule has 19 heteroatoms. The van der Waals surface area contributed by atoms with Crippen molar-refractivity contribution in [2.24, 2.45) is 0 Å². The van der Waals surface area contributed by atoms with E-state index in [1.807, 2.05) is 0 Å². The summed E-state index contributed by atoms with van der Waals surface area (Å²) in [6.45, 7) is 4.60. The number of phosphoric ester groups is 2. The van der Waals surface area contributed by atoms with Crippen molar-refractivity contribution in [3.05, 3.63) is 134 Å². The molecule has 0 aliphatic rings. The summed E-state index contributed by atoms with van der Waals surface area (Å²) in [5, 5.41) is 10.7. The Morgan fingerprint density at radius 1 is 0.269 bits per heavy atom. The molecule has 3 N–H and O–H groups in total. The van der Waals surface area contributed by atoms with Crippen LogP contribution in [-0.2, 0) is 65.4 Å². The molecule has 0 heterocycles. The van der Waals surface area contributed by atoms with Crippen LogP contribution in [-0.4, -0.2) is 96.7 Å². The summed E-state index contributed by atoms with van der Waals surface area (Å²) in [6.07, 6.45) is 91.2. The minimum absolute atomic E-state index is 0.0738. The monoisotopic (exact) mass is 1560 g/mol. The van der Waals surface area contributed by atoms with Gasteiger partial charge in [-0.2, -0.15) is 0 Å². The number of unbranched alkanes of at least 4 members (excludes halogenated alkanes) is 31. The van der Waals surface area contributed by atoms with E-state index in [4.69, 9.17) is 37.0 Å². The maximum atomic E-state index is 13.1. The van der Waals surface area contributed by atoms with Gasteiger partial charge in [-0.15, -0.1) is 0 Å². The van der Waals surface area contributed by atoms with E-state index < -0.39 is 97.5 Å². The van der Waals surface area contributed by atoms with Crippen molar-refractivity contribution >= 4 is 39.5 Å². The average Bonchev–Trinajstić information content (AvgIpc) is 0.896. The van der Waals surface area contributed by atoms with Gasteiger partial charge in [0, 0.05) is 25.7 Å². The van der Waals surface area contributed by atoms with Gasteiger partial charge in [-0.05, 0) is 161 Å². The van der Waals surface area contributed by atoms with Gasteiger partial charge in [0.25, 0.3) is 0 Å². The molecule has 5 unspecified atom stereocenters. The Labute approximate surface area is 656 Å². The Morgan fingerprint density at radius 3 is 0.769 bits per heavy atom. The highest BCUT2D eigenvalue weighted by Gasteiger charge is 2.30. The van der Waals surface area contributed by atoms with Gasteiger partial charge in [-0.1, -0.05) is 296 Å². The van der Waals surface area contributed by atoms with Crippen LogP contribution in [0.2, 0.25) is 0 Å². The highest BCUT2D eigenvalue weighted by molar-refractivity contribution is 7.47. The number of aliphatic hydroxyl groups is 1. The van der Waals surface area contributed by atoms with E-state index in [0.717, 1.165) is 212 Å². The molecule has 620 valence electrons. The second-order valence-electron chi connectivity index (χ2n) is 28.0. The van der Waals surface area contributed by atoms with Gasteiger partial charge in [0.15, 0.2) is 12.2 Å². The number of hydrogen-bond donors (Lipinski definition) is 3. The van der Waals surface area contributed by atoms with E-state index in [1.165, 1.54) is 57.8 Å². The van der Waals surface area contributed by atoms with Gasteiger partial charge in [-0.3, -0.25) is 37.3 Å². The molecule has 0 aromatic heterocycles. The molecule has 0 saturated heterocycles. The fourth-order valence-electron chi connectivity index (χ4n) is 11.2. The van der Waals surface area contributed by atoms with E-state index in [2.05, 4.69) is 161 Å². The van der Waals surface area contributed by atoms with E-state index in [0.29, 0.717) is 25.7 Å². The first-order valence-corrected chi connectivity index (χ1v) is 45.4. The lowest BCUT2D eigenvalue weighted by molar-refractivity contribution is -0.161. The van der Waals surface area contributed by atoms with Crippen LogP contribution < -0.4 is 0 Å². The minimum atomic E-state index is -4.99. The van der Waals surface area contributed by atoms with Crippen LogP contribution >= 0.6 is 15.6 Å². The third kappa shape index (κ3) is 79.3. The summed E-state index contributed by atoms with van der Waals surface area (Å²) in [5.74, 6) is -2.22. The predicted octanol–water partition coefficient (Wildman–Crippen LogP) is 25.2. The fourth-order valence-corrected chi connectivity index (χ4v) is 12.7. The van der Waals surface area contributed by atoms with Crippen molar-refractivity contribution in [2.45, 2.75) is 367 Å². The van der Waals surface area contributed by atoms with E-state index >= 15 is 0 Å². The highest BCUT2D eigenvalue weighted by Crippen LogP contribution is 2.45. The lowest BCUT2D eigenvalue weighted by atomic mass is 10.1. The largest absolute Gasteiger partial charge is 0.472 e. The summed E-state index contributed by atoms with van der Waals surface area (Å²) in [5.41, 5.74) is 0. The molecule has 0 aromatic rings. The van der Waals surface area contributed by atoms with Crippen LogP contribution in [0.3, 0.4) is 0 Å². The second-order valence-corrected chi connectivity index (χ2v) is 30.9. The second kappa shape index (κ2) is 80.3. The number of esters is 4. The molecule has 0 aliphatic heterocycles. The Bertz CT molecular complexity index is 2560. The van der Waals surface area contributed by atoms with Crippen molar-refractivity contribution in [2.75, 3.05) is 39.6 Å². The SMILES string of the molecule is CC/C=C\C/C=C\C/C=C\C/C=C\CCCCCCCCC(=O)OCC(COP(=O)(O)OCC(O)COP(=O)(O)OCC(COC(=O)CCCCCCC/C=C\C/C=C\C/C=C\CC)OC(=O)CCCCCCC/C=C\CCCCCCCC)OC(=O)CCCCCCCC/C=C\C/C=C\C/C=C\CCCCC. The van der Waals surface area contributed by atoms with E-state index in [9.17, 15) is 43.2 Å². The zero-order chi connectivity index (χ0) is 78.9. The number of carbonyl (C=O) groups is 4. The Morgan fingerprint density at radius 2 is 0.481 bits per heavy atom. The van der Waals surface area contributed by atoms with Crippen LogP contribution in [0.5, 0.6) is 0 Å². The van der Waals surface area contributed by atoms with Crippen molar-refractivity contribution < 1.29 is 80.2 Å². The summed E-state index contributed by atoms with van der Waals surface area (Å²) in [6, 6.07) is 0. The highest BCUT2D eigenvalue weighted by atomic mass is 31.2. The first-order valence-electron chi connectivity index (χ1n) is 42.4. The van der Waals surface area contributed by atoms with Crippen LogP contribution in [0.25, 0.3) is 0 Å². The van der Waals surface area contributed by atoms with Crippen LogP contribution in [0.1, 0.15) is 349 Å². The molecule has 0 radical (unpaired) electrons. The van der Waals surface area contributed by atoms with E-state index in [-0.39, 0.29) is 25.7 Å². The molecule has 0 aliphatic carbocycles. The van der Waals surface area contributed by atoms with Gasteiger partial charge < -0.3 is 33.8 Å². The molecule has 17 nitrogen and oxygen atoms in total. The normalized spacial score (nSPS) is 14.5. The first-order chi connectivity index (χ1) is 52.7. The quantitative estimate of drug-likeness (QED) is 0.0169. The van der Waals surface area contributed by atoms with Gasteiger partial charge in [0.1, 0.15) is 19.3 Å². The summed E-state index contributed by atoms with van der Waals surface area (Å²) in [7, 11) is -9.98. The van der Waals surface area contributed by atoms with Crippen molar-refractivity contribution in [1.29, 1.82) is 0 Å². The maximum absolute atomic E-state index is 13.1. The zero-order valence-corrected chi connectivity index (χ0v) is 69.8. The Hall–Kier alpha value is -4.80. The third-order valence-corrected chi connectivity index (χ3v) is 19.5. The van der Waals surface area contributed by atoms with Crippen LogP contribution in [0.15, 0.2) is 134 Å². The predicted molar refractivity (Wildman–Crippen MR) is 445 cm³/mol. The molecular formula is C89H152O17P2. The van der Waals surface area contributed by atoms with Gasteiger partial charge in [-0.25, -0.2) is 9.13 Å².